The van der Waals surface area contributed by atoms with Crippen LogP contribution in [0.5, 0.6) is 0 Å². The van der Waals surface area contributed by atoms with Crippen molar-refractivity contribution in [1.29, 1.82) is 0 Å². The molecule has 61 heavy (non-hydrogen) atoms. The third-order valence-electron chi connectivity index (χ3n) is 13.7. The fourth-order valence-electron chi connectivity index (χ4n) is 11.2. The van der Waals surface area contributed by atoms with E-state index >= 15 is 0 Å². The van der Waals surface area contributed by atoms with Crippen LogP contribution in [0.4, 0.5) is 11.4 Å². The second-order valence-corrected chi connectivity index (χ2v) is 16.7. The molecule has 0 fully saturated rings. The minimum atomic E-state index is -0.370. The molecule has 1 heterocycles. The lowest BCUT2D eigenvalue weighted by Crippen LogP contribution is -2.35. The number of hydrogen-bond acceptors (Lipinski definition) is 2. The Kier molecular flexibility index (Phi) is 7.38. The van der Waals surface area contributed by atoms with Gasteiger partial charge in [-0.15, -0.1) is 0 Å². The minimum Gasteiger partial charge on any atom is -0.456 e. The third-order valence-corrected chi connectivity index (χ3v) is 13.7. The van der Waals surface area contributed by atoms with Crippen molar-refractivity contribution < 1.29 is 4.42 Å². The Labute approximate surface area is 355 Å². The highest BCUT2D eigenvalue weighted by Crippen LogP contribution is 2.64. The van der Waals surface area contributed by atoms with Gasteiger partial charge in [-0.3, -0.25) is 0 Å². The first-order valence-corrected chi connectivity index (χ1v) is 21.3. The van der Waals surface area contributed by atoms with Crippen LogP contribution in [0.1, 0.15) is 28.7 Å². The van der Waals surface area contributed by atoms with E-state index < -0.39 is 0 Å². The van der Waals surface area contributed by atoms with Gasteiger partial charge in [0.1, 0.15) is 11.2 Å². The molecule has 9 aromatic carbocycles. The second-order valence-electron chi connectivity index (χ2n) is 16.7. The van der Waals surface area contributed by atoms with Crippen molar-refractivity contribution >= 4 is 49.7 Å². The summed E-state index contributed by atoms with van der Waals surface area (Å²) in [4.78, 5) is 2.57. The van der Waals surface area contributed by atoms with Crippen molar-refractivity contribution in [2.24, 2.45) is 0 Å². The summed E-state index contributed by atoms with van der Waals surface area (Å²) >= 11 is 0. The van der Waals surface area contributed by atoms with Crippen LogP contribution < -0.4 is 4.90 Å². The van der Waals surface area contributed by atoms with Gasteiger partial charge in [0.25, 0.3) is 0 Å². The largest absolute Gasteiger partial charge is 0.456 e. The third kappa shape index (κ3) is 4.91. The van der Waals surface area contributed by atoms with Crippen molar-refractivity contribution in [1.82, 2.24) is 0 Å². The Morgan fingerprint density at radius 1 is 0.426 bits per heavy atom. The highest BCUT2D eigenvalue weighted by atomic mass is 16.3. The van der Waals surface area contributed by atoms with E-state index in [0.29, 0.717) is 0 Å². The van der Waals surface area contributed by atoms with Gasteiger partial charge in [0.2, 0.25) is 0 Å². The lowest BCUT2D eigenvalue weighted by Gasteiger charge is -2.39. The number of fused-ring (bicyclic) bond motifs is 14. The summed E-state index contributed by atoms with van der Waals surface area (Å²) < 4.78 is 6.76. The number of furan rings is 1. The van der Waals surface area contributed by atoms with Crippen LogP contribution in [0, 0.1) is 0 Å². The highest BCUT2D eigenvalue weighted by Gasteiger charge is 2.53. The molecule has 2 heteroatoms. The quantitative estimate of drug-likeness (QED) is 0.173. The fraction of sp³-hybridized carbons (Fsp3) is 0.0508. The van der Waals surface area contributed by atoms with Gasteiger partial charge in [-0.2, -0.15) is 0 Å². The highest BCUT2D eigenvalue weighted by molar-refractivity contribution is 6.22. The zero-order valence-electron chi connectivity index (χ0n) is 33.4. The number of rotatable bonds is 5. The maximum Gasteiger partial charge on any atom is 0.136 e. The molecule has 2 nitrogen and oxygen atoms in total. The van der Waals surface area contributed by atoms with Gasteiger partial charge < -0.3 is 9.32 Å². The Balaban J connectivity index is 1.01. The first-order chi connectivity index (χ1) is 30.3. The second kappa shape index (κ2) is 13.2. The normalized spacial score (nSPS) is 15.6. The van der Waals surface area contributed by atoms with Gasteiger partial charge in [0.05, 0.1) is 11.5 Å². The predicted octanol–water partition coefficient (Wildman–Crippen LogP) is 15.3. The lowest BCUT2D eigenvalue weighted by molar-refractivity contribution is 0.662. The molecule has 0 N–H and O–H groups in total. The Bertz CT molecular complexity index is 3400. The molecule has 3 aliphatic rings. The lowest BCUT2D eigenvalue weighted by atomic mass is 9.67. The predicted molar refractivity (Wildman–Crippen MR) is 253 cm³/mol. The van der Waals surface area contributed by atoms with E-state index in [4.69, 9.17) is 4.42 Å². The van der Waals surface area contributed by atoms with Crippen molar-refractivity contribution in [2.45, 2.75) is 17.9 Å². The number of allylic oxidation sites excluding steroid dienone is 2. The van der Waals surface area contributed by atoms with Gasteiger partial charge in [-0.1, -0.05) is 182 Å². The van der Waals surface area contributed by atoms with Crippen LogP contribution in [-0.2, 0) is 5.41 Å². The standard InChI is InChI=1S/C59H39NO/c1-3-15-38(16-4-1)39-27-29-41(30-28-39)60(42-32-34-56-51(35-42)58-49-23-8-7-19-44(49)50(37-57(58)61-56)40-17-5-2-6-18-40)43-31-33-48-47-22-11-14-26-54(47)59(55(48)36-43)52-24-12-9-20-45(52)46-21-10-13-25-53(46)59/h1-35,37,43H,36H2. The first-order valence-electron chi connectivity index (χ1n) is 21.3. The molecule has 0 bridgehead atoms. The zero-order valence-corrected chi connectivity index (χ0v) is 33.4. The van der Waals surface area contributed by atoms with Gasteiger partial charge in [0, 0.05) is 22.1 Å². The molecule has 0 aliphatic heterocycles. The number of hydrogen-bond donors (Lipinski definition) is 0. The molecule has 1 unspecified atom stereocenters. The average molecular weight is 778 g/mol. The molecular formula is C59H39NO. The molecule has 10 aromatic rings. The van der Waals surface area contributed by atoms with Crippen LogP contribution in [0.2, 0.25) is 0 Å². The van der Waals surface area contributed by atoms with Crippen molar-refractivity contribution in [3.8, 4) is 33.4 Å². The minimum absolute atomic E-state index is 0.0319. The van der Waals surface area contributed by atoms with E-state index in [2.05, 4.69) is 223 Å². The summed E-state index contributed by atoms with van der Waals surface area (Å²) in [5, 5.41) is 4.70. The Morgan fingerprint density at radius 2 is 0.984 bits per heavy atom. The van der Waals surface area contributed by atoms with Crippen molar-refractivity contribution in [3.05, 3.63) is 246 Å². The van der Waals surface area contributed by atoms with Crippen LogP contribution in [-0.4, -0.2) is 6.04 Å². The molecule has 13 rings (SSSR count). The number of nitrogens with zero attached hydrogens (tertiary/aromatic N) is 1. The van der Waals surface area contributed by atoms with E-state index in [-0.39, 0.29) is 11.5 Å². The molecular weight excluding hydrogens is 739 g/mol. The maximum atomic E-state index is 6.76. The van der Waals surface area contributed by atoms with Gasteiger partial charge in [-0.25, -0.2) is 0 Å². The van der Waals surface area contributed by atoms with E-state index in [0.717, 1.165) is 39.7 Å². The molecule has 0 radical (unpaired) electrons. The van der Waals surface area contributed by atoms with E-state index in [1.807, 2.05) is 0 Å². The molecule has 3 aliphatic carbocycles. The summed E-state index contributed by atoms with van der Waals surface area (Å²) in [6.07, 6.45) is 5.74. The van der Waals surface area contributed by atoms with Gasteiger partial charge in [-0.05, 0) is 120 Å². The molecule has 286 valence electrons. The van der Waals surface area contributed by atoms with E-state index in [1.165, 1.54) is 77.6 Å². The smallest absolute Gasteiger partial charge is 0.136 e. The van der Waals surface area contributed by atoms with Gasteiger partial charge in [0.15, 0.2) is 0 Å². The molecule has 0 amide bonds. The summed E-state index contributed by atoms with van der Waals surface area (Å²) in [7, 11) is 0. The Morgan fingerprint density at radius 3 is 1.69 bits per heavy atom. The SMILES string of the molecule is C1=CC(N(c2ccc(-c3ccccc3)cc2)c2ccc3oc4cc(-c5ccccc5)c5ccccc5c4c3c2)CC2=C1c1ccccc1C21c2ccccc2-c2ccccc21. The molecule has 1 spiro atoms. The average Bonchev–Trinajstić information content (AvgIpc) is 3.96. The van der Waals surface area contributed by atoms with Crippen LogP contribution >= 0.6 is 0 Å². The van der Waals surface area contributed by atoms with Crippen LogP contribution in [0.3, 0.4) is 0 Å². The maximum absolute atomic E-state index is 6.76. The monoisotopic (exact) mass is 777 g/mol. The van der Waals surface area contributed by atoms with E-state index in [9.17, 15) is 0 Å². The molecule has 1 aromatic heterocycles. The van der Waals surface area contributed by atoms with Crippen molar-refractivity contribution in [3.63, 3.8) is 0 Å². The first kappa shape index (κ1) is 34.2. The number of anilines is 2. The molecule has 0 saturated carbocycles. The molecule has 0 saturated heterocycles. The van der Waals surface area contributed by atoms with E-state index in [1.54, 1.807) is 0 Å². The fourth-order valence-corrected chi connectivity index (χ4v) is 11.2. The molecule has 1 atom stereocenters. The summed E-state index contributed by atoms with van der Waals surface area (Å²) in [5.41, 5.74) is 19.5. The summed E-state index contributed by atoms with van der Waals surface area (Å²) in [6, 6.07) is 75.7. The summed E-state index contributed by atoms with van der Waals surface area (Å²) in [6.45, 7) is 0. The van der Waals surface area contributed by atoms with Crippen LogP contribution in [0.25, 0.3) is 71.7 Å². The van der Waals surface area contributed by atoms with Gasteiger partial charge >= 0.3 is 0 Å². The van der Waals surface area contributed by atoms with Crippen molar-refractivity contribution in [2.75, 3.05) is 4.90 Å². The summed E-state index contributed by atoms with van der Waals surface area (Å²) in [5.74, 6) is 0. The number of benzene rings is 9. The zero-order chi connectivity index (χ0) is 40.1. The topological polar surface area (TPSA) is 16.4 Å². The Hall–Kier alpha value is -7.68. The van der Waals surface area contributed by atoms with Crippen LogP contribution in [0.15, 0.2) is 228 Å².